The number of aryl methyl sites for hydroxylation is 1. The molecule has 0 fully saturated rings. The molecule has 0 aliphatic carbocycles. The number of carbonyl (C=O) groups is 2. The van der Waals surface area contributed by atoms with Crippen molar-refractivity contribution in [2.75, 3.05) is 6.54 Å². The van der Waals surface area contributed by atoms with Crippen LogP contribution < -0.4 is 5.73 Å². The first kappa shape index (κ1) is 16.1. The Morgan fingerprint density at radius 3 is 2.69 bits per heavy atom. The van der Waals surface area contributed by atoms with E-state index in [9.17, 15) is 9.59 Å². The third-order valence-corrected chi connectivity index (χ3v) is 4.53. The summed E-state index contributed by atoms with van der Waals surface area (Å²) in [5.41, 5.74) is 7.52. The third kappa shape index (κ3) is 2.55. The lowest BCUT2D eigenvalue weighted by Crippen LogP contribution is -2.39. The average molecular weight is 351 g/mol. The Kier molecular flexibility index (Phi) is 3.80. The quantitative estimate of drug-likeness (QED) is 0.771. The molecule has 8 heteroatoms. The first-order valence-corrected chi connectivity index (χ1v) is 8.21. The van der Waals surface area contributed by atoms with Crippen LogP contribution in [0.2, 0.25) is 0 Å². The van der Waals surface area contributed by atoms with Gasteiger partial charge in [0.2, 0.25) is 0 Å². The van der Waals surface area contributed by atoms with Gasteiger partial charge in [0.25, 0.3) is 11.8 Å². The van der Waals surface area contributed by atoms with Gasteiger partial charge >= 0.3 is 0 Å². The van der Waals surface area contributed by atoms with Crippen LogP contribution in [0.15, 0.2) is 41.1 Å². The number of amides is 2. The molecule has 2 N–H and O–H groups in total. The van der Waals surface area contributed by atoms with Crippen molar-refractivity contribution in [1.82, 2.24) is 19.6 Å². The molecule has 2 amide bonds. The summed E-state index contributed by atoms with van der Waals surface area (Å²) in [5.74, 6) is 0.414. The highest BCUT2D eigenvalue weighted by molar-refractivity contribution is 6.00. The Balaban J connectivity index is 1.65. The van der Waals surface area contributed by atoms with E-state index in [4.69, 9.17) is 10.3 Å². The number of fused-ring (bicyclic) bond motifs is 1. The third-order valence-electron chi connectivity index (χ3n) is 4.53. The molecular weight excluding hydrogens is 334 g/mol. The van der Waals surface area contributed by atoms with Crippen LogP contribution in [0.25, 0.3) is 11.3 Å². The maximum absolute atomic E-state index is 13.1. The molecule has 3 aromatic rings. The molecular formula is C18H17N5O3. The monoisotopic (exact) mass is 351 g/mol. The fraction of sp³-hybridized carbons (Fsp3) is 0.222. The number of carbonyl (C=O) groups excluding carboxylic acids is 2. The van der Waals surface area contributed by atoms with Crippen LogP contribution in [-0.2, 0) is 13.1 Å². The number of nitrogens with two attached hydrogens (primary N) is 1. The Morgan fingerprint density at radius 2 is 1.96 bits per heavy atom. The number of nitrogens with zero attached hydrogens (tertiary/aromatic N) is 4. The Morgan fingerprint density at radius 1 is 1.19 bits per heavy atom. The van der Waals surface area contributed by atoms with E-state index in [1.165, 1.54) is 6.20 Å². The molecule has 132 valence electrons. The molecule has 0 bridgehead atoms. The van der Waals surface area contributed by atoms with E-state index in [0.717, 1.165) is 5.56 Å². The van der Waals surface area contributed by atoms with E-state index in [1.807, 2.05) is 30.3 Å². The van der Waals surface area contributed by atoms with E-state index in [2.05, 4.69) is 10.1 Å². The number of hydrogen-bond acceptors (Lipinski definition) is 5. The second kappa shape index (κ2) is 6.14. The summed E-state index contributed by atoms with van der Waals surface area (Å²) < 4.78 is 7.04. The summed E-state index contributed by atoms with van der Waals surface area (Å²) in [7, 11) is 0. The largest absolute Gasteiger partial charge is 0.364 e. The number of rotatable bonds is 3. The van der Waals surface area contributed by atoms with Gasteiger partial charge in [-0.25, -0.2) is 4.98 Å². The zero-order valence-corrected chi connectivity index (χ0v) is 14.2. The lowest BCUT2D eigenvalue weighted by molar-refractivity contribution is 0.0705. The first-order valence-electron chi connectivity index (χ1n) is 8.21. The molecule has 0 unspecified atom stereocenters. The van der Waals surface area contributed by atoms with E-state index in [1.54, 1.807) is 16.4 Å². The van der Waals surface area contributed by atoms with Crippen LogP contribution in [0.1, 0.15) is 32.4 Å². The molecule has 0 atom stereocenters. The van der Waals surface area contributed by atoms with Crippen LogP contribution in [-0.4, -0.2) is 38.0 Å². The second-order valence-electron chi connectivity index (χ2n) is 6.13. The predicted octanol–water partition coefficient (Wildman–Crippen LogP) is 1.60. The van der Waals surface area contributed by atoms with Gasteiger partial charge in [-0.15, -0.1) is 0 Å². The topological polar surface area (TPSA) is 107 Å². The molecule has 1 aliphatic heterocycles. The van der Waals surface area contributed by atoms with E-state index in [-0.39, 0.29) is 5.91 Å². The van der Waals surface area contributed by atoms with Crippen molar-refractivity contribution < 1.29 is 14.1 Å². The highest BCUT2D eigenvalue weighted by atomic mass is 16.5. The van der Waals surface area contributed by atoms with Crippen LogP contribution in [0.4, 0.5) is 0 Å². The first-order chi connectivity index (χ1) is 12.6. The summed E-state index contributed by atoms with van der Waals surface area (Å²) >= 11 is 0. The lowest BCUT2D eigenvalue weighted by atomic mass is 10.0. The highest BCUT2D eigenvalue weighted by Gasteiger charge is 2.30. The molecule has 1 aromatic carbocycles. The van der Waals surface area contributed by atoms with Gasteiger partial charge in [0.05, 0.1) is 12.7 Å². The van der Waals surface area contributed by atoms with Crippen molar-refractivity contribution in [1.29, 1.82) is 0 Å². The fourth-order valence-electron chi connectivity index (χ4n) is 3.21. The van der Waals surface area contributed by atoms with Crippen LogP contribution in [0.5, 0.6) is 0 Å². The van der Waals surface area contributed by atoms with Crippen molar-refractivity contribution in [3.63, 3.8) is 0 Å². The van der Waals surface area contributed by atoms with Crippen LogP contribution in [0.3, 0.4) is 0 Å². The van der Waals surface area contributed by atoms with Crippen molar-refractivity contribution >= 4 is 11.8 Å². The molecule has 0 saturated carbocycles. The Labute approximate surface area is 149 Å². The summed E-state index contributed by atoms with van der Waals surface area (Å²) in [6.45, 7) is 2.93. The van der Waals surface area contributed by atoms with Gasteiger partial charge in [0.15, 0.2) is 0 Å². The van der Waals surface area contributed by atoms with Crippen LogP contribution in [0, 0.1) is 6.92 Å². The smallest absolute Gasteiger partial charge is 0.266 e. The van der Waals surface area contributed by atoms with Gasteiger partial charge in [-0.05, 0) is 6.92 Å². The minimum absolute atomic E-state index is 0.169. The lowest BCUT2D eigenvalue weighted by Gasteiger charge is -2.28. The van der Waals surface area contributed by atoms with Crippen molar-refractivity contribution in [3.8, 4) is 11.3 Å². The van der Waals surface area contributed by atoms with Crippen molar-refractivity contribution in [2.24, 2.45) is 5.73 Å². The maximum atomic E-state index is 13.1. The van der Waals surface area contributed by atoms with Crippen LogP contribution >= 0.6 is 0 Å². The van der Waals surface area contributed by atoms with E-state index in [0.29, 0.717) is 48.2 Å². The summed E-state index contributed by atoms with van der Waals surface area (Å²) in [6, 6.07) is 9.44. The molecule has 2 aromatic heterocycles. The zero-order valence-electron chi connectivity index (χ0n) is 14.2. The number of primary amides is 1. The van der Waals surface area contributed by atoms with Gasteiger partial charge < -0.3 is 19.7 Å². The number of imidazole rings is 1. The normalized spacial score (nSPS) is 13.5. The van der Waals surface area contributed by atoms with Gasteiger partial charge in [0, 0.05) is 18.7 Å². The number of benzene rings is 1. The SMILES string of the molecule is Cc1onc(-c2ccccc2)c1C(=O)N1CCn2c(C(N)=O)cnc2C1. The van der Waals surface area contributed by atoms with Crippen molar-refractivity contribution in [2.45, 2.75) is 20.0 Å². The molecule has 0 saturated heterocycles. The molecule has 3 heterocycles. The molecule has 4 rings (SSSR count). The van der Waals surface area contributed by atoms with Gasteiger partial charge in [0.1, 0.15) is 28.5 Å². The minimum Gasteiger partial charge on any atom is -0.364 e. The summed E-state index contributed by atoms with van der Waals surface area (Å²) in [5, 5.41) is 4.07. The maximum Gasteiger partial charge on any atom is 0.266 e. The molecule has 0 radical (unpaired) electrons. The van der Waals surface area contributed by atoms with E-state index >= 15 is 0 Å². The van der Waals surface area contributed by atoms with E-state index < -0.39 is 5.91 Å². The minimum atomic E-state index is -0.523. The Hall–Kier alpha value is -3.42. The average Bonchev–Trinajstić information content (AvgIpc) is 3.25. The molecule has 0 spiro atoms. The second-order valence-corrected chi connectivity index (χ2v) is 6.13. The van der Waals surface area contributed by atoms with Crippen molar-refractivity contribution in [3.05, 3.63) is 59.4 Å². The zero-order chi connectivity index (χ0) is 18.3. The molecule has 26 heavy (non-hydrogen) atoms. The fourth-order valence-corrected chi connectivity index (χ4v) is 3.21. The van der Waals surface area contributed by atoms with Gasteiger partial charge in [-0.3, -0.25) is 9.59 Å². The standard InChI is InChI=1S/C18H17N5O3/c1-11-15(16(21-26-11)12-5-3-2-4-6-12)18(25)22-7-8-23-13(17(19)24)9-20-14(23)10-22/h2-6,9H,7-8,10H2,1H3,(H2,19,24). The molecule has 1 aliphatic rings. The number of hydrogen-bond donors (Lipinski definition) is 1. The highest BCUT2D eigenvalue weighted by Crippen LogP contribution is 2.27. The molecule has 8 nitrogen and oxygen atoms in total. The van der Waals surface area contributed by atoms with Gasteiger partial charge in [-0.1, -0.05) is 35.5 Å². The summed E-state index contributed by atoms with van der Waals surface area (Å²) in [6.07, 6.45) is 1.45. The predicted molar refractivity (Wildman–Crippen MR) is 92.2 cm³/mol. The van der Waals surface area contributed by atoms with Gasteiger partial charge in [-0.2, -0.15) is 0 Å². The number of aromatic nitrogens is 3. The summed E-state index contributed by atoms with van der Waals surface area (Å²) in [4.78, 5) is 30.5. The Bertz CT molecular complexity index is 990.